The van der Waals surface area contributed by atoms with E-state index in [2.05, 4.69) is 9.97 Å². The molecule has 2 aromatic carbocycles. The Morgan fingerprint density at radius 1 is 1.03 bits per heavy atom. The number of benzene rings is 2. The number of anilines is 1. The number of nitriles is 1. The van der Waals surface area contributed by atoms with Gasteiger partial charge in [0, 0.05) is 11.6 Å². The zero-order valence-corrected chi connectivity index (χ0v) is 18.2. The van der Waals surface area contributed by atoms with Gasteiger partial charge in [0.05, 0.1) is 24.7 Å². The van der Waals surface area contributed by atoms with Crippen LogP contribution in [0.5, 0.6) is 11.6 Å². The van der Waals surface area contributed by atoms with Crippen molar-refractivity contribution in [2.24, 2.45) is 5.73 Å². The van der Waals surface area contributed by atoms with Crippen LogP contribution in [-0.2, 0) is 6.42 Å². The summed E-state index contributed by atoms with van der Waals surface area (Å²) in [6.07, 6.45) is 0.731. The van der Waals surface area contributed by atoms with Gasteiger partial charge in [-0.15, -0.1) is 0 Å². The van der Waals surface area contributed by atoms with Crippen molar-refractivity contribution >= 4 is 5.82 Å². The molecule has 0 spiro atoms. The number of alkyl halides is 4. The van der Waals surface area contributed by atoms with Crippen molar-refractivity contribution in [1.82, 2.24) is 9.97 Å². The fourth-order valence-electron chi connectivity index (χ4n) is 3.71. The van der Waals surface area contributed by atoms with Crippen molar-refractivity contribution in [1.29, 1.82) is 5.26 Å². The van der Waals surface area contributed by atoms with Crippen LogP contribution in [0.1, 0.15) is 17.0 Å². The van der Waals surface area contributed by atoms with E-state index in [0.29, 0.717) is 23.4 Å². The van der Waals surface area contributed by atoms with Gasteiger partial charge in [0.2, 0.25) is 5.88 Å². The van der Waals surface area contributed by atoms with Gasteiger partial charge in [-0.3, -0.25) is 0 Å². The Bertz CT molecular complexity index is 1230. The summed E-state index contributed by atoms with van der Waals surface area (Å²) in [6, 6.07) is 15.8. The van der Waals surface area contributed by atoms with Crippen molar-refractivity contribution in [3.05, 3.63) is 65.5 Å². The second-order valence-electron chi connectivity index (χ2n) is 8.04. The molecular weight excluding hydrogens is 450 g/mol. The minimum atomic E-state index is -4.17. The quantitative estimate of drug-likeness (QED) is 0.524. The molecule has 0 unspecified atom stereocenters. The van der Waals surface area contributed by atoms with Gasteiger partial charge in [-0.2, -0.15) is 27.8 Å². The number of aryl methyl sites for hydroxylation is 1. The number of rotatable bonds is 6. The Labute approximate surface area is 193 Å². The standard InChI is InChI=1S/C24H21F4N5O/c1-15-31-21(33-13-23(25,26)24(27,28)14-33)11-22(32-15)34-20-10-17(12-30)4-7-19(20)18-5-2-16(3-6-18)8-9-29/h2-7,10-11H,8-9,13-14,29H2,1H3. The molecule has 1 aromatic heterocycles. The Morgan fingerprint density at radius 3 is 2.32 bits per heavy atom. The summed E-state index contributed by atoms with van der Waals surface area (Å²) in [4.78, 5) is 9.02. The van der Waals surface area contributed by atoms with Crippen LogP contribution in [0.2, 0.25) is 0 Å². The van der Waals surface area contributed by atoms with Crippen molar-refractivity contribution in [3.8, 4) is 28.8 Å². The van der Waals surface area contributed by atoms with Crippen LogP contribution in [0, 0.1) is 18.3 Å². The minimum Gasteiger partial charge on any atom is -0.438 e. The lowest BCUT2D eigenvalue weighted by Gasteiger charge is -2.18. The lowest BCUT2D eigenvalue weighted by molar-refractivity contribution is -0.172. The maximum atomic E-state index is 13.7. The summed E-state index contributed by atoms with van der Waals surface area (Å²) < 4.78 is 60.8. The Morgan fingerprint density at radius 2 is 1.71 bits per heavy atom. The van der Waals surface area contributed by atoms with Crippen molar-refractivity contribution in [2.45, 2.75) is 25.2 Å². The first-order valence-electron chi connectivity index (χ1n) is 10.5. The molecule has 1 saturated heterocycles. The smallest absolute Gasteiger partial charge is 0.329 e. The monoisotopic (exact) mass is 471 g/mol. The van der Waals surface area contributed by atoms with Gasteiger partial charge in [0.1, 0.15) is 17.4 Å². The molecule has 176 valence electrons. The van der Waals surface area contributed by atoms with Crippen LogP contribution in [0.15, 0.2) is 48.5 Å². The van der Waals surface area contributed by atoms with E-state index in [4.69, 9.17) is 10.5 Å². The third kappa shape index (κ3) is 4.65. The summed E-state index contributed by atoms with van der Waals surface area (Å²) in [7, 11) is 0. The predicted octanol–water partition coefficient (Wildman–Crippen LogP) is 4.71. The molecule has 0 aliphatic carbocycles. The number of nitrogens with zero attached hydrogens (tertiary/aromatic N) is 4. The normalized spacial score (nSPS) is 16.3. The number of ether oxygens (including phenoxy) is 1. The fraction of sp³-hybridized carbons (Fsp3) is 0.292. The van der Waals surface area contributed by atoms with Gasteiger partial charge in [-0.05, 0) is 49.2 Å². The molecule has 0 saturated carbocycles. The molecule has 34 heavy (non-hydrogen) atoms. The van der Waals surface area contributed by atoms with Crippen LogP contribution in [0.25, 0.3) is 11.1 Å². The first-order valence-corrected chi connectivity index (χ1v) is 10.5. The molecule has 1 aliphatic heterocycles. The zero-order valence-electron chi connectivity index (χ0n) is 18.2. The van der Waals surface area contributed by atoms with Crippen LogP contribution in [0.3, 0.4) is 0 Å². The van der Waals surface area contributed by atoms with E-state index < -0.39 is 24.9 Å². The van der Waals surface area contributed by atoms with Crippen LogP contribution in [-0.4, -0.2) is 41.4 Å². The predicted molar refractivity (Wildman–Crippen MR) is 118 cm³/mol. The number of hydrogen-bond donors (Lipinski definition) is 1. The second kappa shape index (κ2) is 8.91. The van der Waals surface area contributed by atoms with Gasteiger partial charge >= 0.3 is 11.8 Å². The lowest BCUT2D eigenvalue weighted by Crippen LogP contribution is -2.38. The van der Waals surface area contributed by atoms with Crippen molar-refractivity contribution in [3.63, 3.8) is 0 Å². The third-order valence-corrected chi connectivity index (χ3v) is 5.46. The van der Waals surface area contributed by atoms with Gasteiger partial charge in [-0.25, -0.2) is 4.98 Å². The van der Waals surface area contributed by atoms with E-state index in [1.807, 2.05) is 30.3 Å². The largest absolute Gasteiger partial charge is 0.438 e. The number of halogens is 4. The number of hydrogen-bond acceptors (Lipinski definition) is 6. The molecule has 2 N–H and O–H groups in total. The Kier molecular flexibility index (Phi) is 6.15. The summed E-state index contributed by atoms with van der Waals surface area (Å²) in [5.74, 6) is -7.99. The molecule has 4 rings (SSSR count). The van der Waals surface area contributed by atoms with Crippen LogP contribution in [0.4, 0.5) is 23.4 Å². The highest BCUT2D eigenvalue weighted by atomic mass is 19.3. The highest BCUT2D eigenvalue weighted by molar-refractivity contribution is 5.72. The van der Waals surface area contributed by atoms with Gasteiger partial charge in [-0.1, -0.05) is 24.3 Å². The Hall–Kier alpha value is -3.71. The highest BCUT2D eigenvalue weighted by Crippen LogP contribution is 2.43. The maximum absolute atomic E-state index is 13.7. The summed E-state index contributed by atoms with van der Waals surface area (Å²) in [5.41, 5.74) is 8.48. The van der Waals surface area contributed by atoms with E-state index in [1.54, 1.807) is 12.1 Å². The first-order chi connectivity index (χ1) is 16.1. The SMILES string of the molecule is Cc1nc(Oc2cc(C#N)ccc2-c2ccc(CCN)cc2)cc(N2CC(F)(F)C(F)(F)C2)n1. The van der Waals surface area contributed by atoms with E-state index in [-0.39, 0.29) is 17.5 Å². The molecule has 10 heteroatoms. The van der Waals surface area contributed by atoms with Gasteiger partial charge in [0.15, 0.2) is 0 Å². The minimum absolute atomic E-state index is 0.0166. The molecule has 1 fully saturated rings. The van der Waals surface area contributed by atoms with E-state index >= 15 is 0 Å². The third-order valence-electron chi connectivity index (χ3n) is 5.46. The average Bonchev–Trinajstić information content (AvgIpc) is 3.01. The number of nitrogens with two attached hydrogens (primary N) is 1. The van der Waals surface area contributed by atoms with Gasteiger partial charge in [0.25, 0.3) is 0 Å². The highest BCUT2D eigenvalue weighted by Gasteiger charge is 2.63. The average molecular weight is 471 g/mol. The topological polar surface area (TPSA) is 88.1 Å². The fourth-order valence-corrected chi connectivity index (χ4v) is 3.71. The molecule has 1 aliphatic rings. The zero-order chi connectivity index (χ0) is 24.5. The van der Waals surface area contributed by atoms with Gasteiger partial charge < -0.3 is 15.4 Å². The Balaban J connectivity index is 1.68. The van der Waals surface area contributed by atoms with Crippen LogP contribution < -0.4 is 15.4 Å². The van der Waals surface area contributed by atoms with E-state index in [1.165, 1.54) is 19.1 Å². The second-order valence-corrected chi connectivity index (χ2v) is 8.04. The maximum Gasteiger partial charge on any atom is 0.329 e. The summed E-state index contributed by atoms with van der Waals surface area (Å²) >= 11 is 0. The van der Waals surface area contributed by atoms with E-state index in [9.17, 15) is 22.8 Å². The van der Waals surface area contributed by atoms with Crippen LogP contribution >= 0.6 is 0 Å². The molecular formula is C24H21F4N5O. The first kappa shape index (κ1) is 23.4. The molecule has 0 bridgehead atoms. The molecule has 0 radical (unpaired) electrons. The van der Waals surface area contributed by atoms with Crippen molar-refractivity contribution in [2.75, 3.05) is 24.5 Å². The lowest BCUT2D eigenvalue weighted by atomic mass is 10.0. The molecule has 6 nitrogen and oxygen atoms in total. The molecule has 3 aromatic rings. The summed E-state index contributed by atoms with van der Waals surface area (Å²) in [5, 5.41) is 9.32. The molecule has 0 amide bonds. The molecule has 2 heterocycles. The summed E-state index contributed by atoms with van der Waals surface area (Å²) in [6.45, 7) is -0.305. The van der Waals surface area contributed by atoms with Crippen molar-refractivity contribution < 1.29 is 22.3 Å². The number of aromatic nitrogens is 2. The van der Waals surface area contributed by atoms with E-state index in [0.717, 1.165) is 22.4 Å². The molecule has 0 atom stereocenters.